The van der Waals surface area contributed by atoms with Gasteiger partial charge in [-0.1, -0.05) is 146 Å². The van der Waals surface area contributed by atoms with Crippen LogP contribution in [0.3, 0.4) is 0 Å². The van der Waals surface area contributed by atoms with Crippen molar-refractivity contribution in [3.8, 4) is 56.4 Å². The highest BCUT2D eigenvalue weighted by molar-refractivity contribution is 6.14. The van der Waals surface area contributed by atoms with Crippen LogP contribution in [0.4, 0.5) is 0 Å². The number of aromatic nitrogens is 3. The zero-order chi connectivity index (χ0) is 33.7. The minimum absolute atomic E-state index is 0.625. The van der Waals surface area contributed by atoms with Crippen molar-refractivity contribution in [1.29, 1.82) is 0 Å². The van der Waals surface area contributed by atoms with Crippen molar-refractivity contribution in [2.75, 3.05) is 0 Å². The van der Waals surface area contributed by atoms with Crippen molar-refractivity contribution >= 4 is 43.5 Å². The normalized spacial score (nSPS) is 11.5. The summed E-state index contributed by atoms with van der Waals surface area (Å²) in [7, 11) is 0. The van der Waals surface area contributed by atoms with E-state index in [-0.39, 0.29) is 0 Å². The Morgan fingerprint density at radius 1 is 0.314 bits per heavy atom. The average molecular weight is 652 g/mol. The lowest BCUT2D eigenvalue weighted by Gasteiger charge is -2.10. The fourth-order valence-corrected chi connectivity index (χ4v) is 7.20. The number of rotatable bonds is 5. The minimum Gasteiger partial charge on any atom is -0.456 e. The Morgan fingerprint density at radius 2 is 0.902 bits per heavy atom. The second kappa shape index (κ2) is 11.9. The summed E-state index contributed by atoms with van der Waals surface area (Å²) in [6.07, 6.45) is 0. The van der Waals surface area contributed by atoms with Crippen LogP contribution in [-0.2, 0) is 0 Å². The number of hydrogen-bond donors (Lipinski definition) is 0. The lowest BCUT2D eigenvalue weighted by molar-refractivity contribution is 0.669. The van der Waals surface area contributed by atoms with Crippen LogP contribution in [0.15, 0.2) is 180 Å². The molecule has 0 aliphatic heterocycles. The molecule has 0 unspecified atom stereocenters. The molecule has 0 radical (unpaired) electrons. The summed E-state index contributed by atoms with van der Waals surface area (Å²) in [5.41, 5.74) is 9.00. The van der Waals surface area contributed by atoms with E-state index in [9.17, 15) is 0 Å². The highest BCUT2D eigenvalue weighted by Gasteiger charge is 2.16. The van der Waals surface area contributed by atoms with E-state index in [1.54, 1.807) is 0 Å². The average Bonchev–Trinajstić information content (AvgIpc) is 3.59. The summed E-state index contributed by atoms with van der Waals surface area (Å²) in [5.74, 6) is 1.91. The molecule has 10 rings (SSSR count). The number of hydrogen-bond acceptors (Lipinski definition) is 4. The maximum absolute atomic E-state index is 6.44. The van der Waals surface area contributed by atoms with Gasteiger partial charge in [0.25, 0.3) is 0 Å². The van der Waals surface area contributed by atoms with E-state index in [0.29, 0.717) is 17.5 Å². The van der Waals surface area contributed by atoms with Gasteiger partial charge in [0.1, 0.15) is 11.2 Å². The van der Waals surface area contributed by atoms with Gasteiger partial charge >= 0.3 is 0 Å². The summed E-state index contributed by atoms with van der Waals surface area (Å²) in [6.45, 7) is 0. The minimum atomic E-state index is 0.625. The van der Waals surface area contributed by atoms with Crippen LogP contribution in [0.2, 0.25) is 0 Å². The molecule has 0 spiro atoms. The zero-order valence-electron chi connectivity index (χ0n) is 27.5. The van der Waals surface area contributed by atoms with Gasteiger partial charge in [0.2, 0.25) is 0 Å². The Morgan fingerprint density at radius 3 is 1.69 bits per heavy atom. The first-order valence-corrected chi connectivity index (χ1v) is 17.1. The molecule has 0 aliphatic carbocycles. The molecule has 0 saturated heterocycles. The molecule has 10 aromatic rings. The predicted octanol–water partition coefficient (Wildman–Crippen LogP) is 12.4. The summed E-state index contributed by atoms with van der Waals surface area (Å²) < 4.78 is 6.44. The number of furan rings is 1. The van der Waals surface area contributed by atoms with Gasteiger partial charge in [-0.05, 0) is 74.1 Å². The van der Waals surface area contributed by atoms with Crippen LogP contribution in [0, 0.1) is 0 Å². The second-order valence-corrected chi connectivity index (χ2v) is 12.8. The Hall–Kier alpha value is -6.91. The van der Waals surface area contributed by atoms with Crippen molar-refractivity contribution in [2.45, 2.75) is 0 Å². The SMILES string of the molecule is c1ccc(-c2nc(-c3ccccc3)nc(-c3cccc(-c4cccc5oc6ccc(-c7ccc8c(ccc9ccccc98)c7)cc6c45)c3)n2)cc1. The molecule has 4 nitrogen and oxygen atoms in total. The van der Waals surface area contributed by atoms with E-state index in [1.807, 2.05) is 66.7 Å². The van der Waals surface area contributed by atoms with E-state index < -0.39 is 0 Å². The molecule has 0 fully saturated rings. The van der Waals surface area contributed by atoms with Crippen LogP contribution in [0.5, 0.6) is 0 Å². The molecular weight excluding hydrogens is 623 g/mol. The third kappa shape index (κ3) is 5.13. The smallest absolute Gasteiger partial charge is 0.164 e. The lowest BCUT2D eigenvalue weighted by Crippen LogP contribution is -2.00. The van der Waals surface area contributed by atoms with Gasteiger partial charge in [0.05, 0.1) is 0 Å². The van der Waals surface area contributed by atoms with E-state index in [2.05, 4.69) is 109 Å². The van der Waals surface area contributed by atoms with Crippen LogP contribution in [-0.4, -0.2) is 15.0 Å². The molecule has 8 aromatic carbocycles. The Bertz CT molecular complexity index is 2860. The number of fused-ring (bicyclic) bond motifs is 6. The van der Waals surface area contributed by atoms with Gasteiger partial charge in [-0.3, -0.25) is 0 Å². The fourth-order valence-electron chi connectivity index (χ4n) is 7.20. The first kappa shape index (κ1) is 29.0. The summed E-state index contributed by atoms with van der Waals surface area (Å²) in [6, 6.07) is 61.1. The first-order chi connectivity index (χ1) is 25.2. The van der Waals surface area contributed by atoms with E-state index in [4.69, 9.17) is 19.4 Å². The van der Waals surface area contributed by atoms with Gasteiger partial charge < -0.3 is 4.42 Å². The molecule has 238 valence electrons. The molecule has 0 N–H and O–H groups in total. The molecule has 0 saturated carbocycles. The molecular formula is C47H29N3O. The van der Waals surface area contributed by atoms with Crippen molar-refractivity contribution in [2.24, 2.45) is 0 Å². The summed E-state index contributed by atoms with van der Waals surface area (Å²) in [4.78, 5) is 14.8. The Labute approximate surface area is 294 Å². The molecule has 51 heavy (non-hydrogen) atoms. The molecule has 0 aliphatic rings. The lowest BCUT2D eigenvalue weighted by atomic mass is 9.95. The summed E-state index contributed by atoms with van der Waals surface area (Å²) in [5, 5.41) is 7.19. The zero-order valence-corrected chi connectivity index (χ0v) is 27.5. The Kier molecular flexibility index (Phi) is 6.78. The first-order valence-electron chi connectivity index (χ1n) is 17.1. The van der Waals surface area contributed by atoms with E-state index in [1.165, 1.54) is 27.1 Å². The van der Waals surface area contributed by atoms with Crippen molar-refractivity contribution < 1.29 is 4.42 Å². The highest BCUT2D eigenvalue weighted by atomic mass is 16.3. The third-order valence-electron chi connectivity index (χ3n) is 9.70. The standard InChI is InChI=1S/C47H29N3O/c1-3-12-31(13-4-1)45-48-46(32-14-5-2-6-15-32)50-47(49-45)37-17-9-16-35(28-37)40-19-10-20-43-44(40)41-29-34(24-26-42(41)51-43)33-23-25-39-36(27-33)22-21-30-11-7-8-18-38(30)39/h1-29H. The quantitative estimate of drug-likeness (QED) is 0.174. The molecule has 0 atom stereocenters. The van der Waals surface area contributed by atoms with Gasteiger partial charge in [0, 0.05) is 27.5 Å². The maximum Gasteiger partial charge on any atom is 0.164 e. The van der Waals surface area contributed by atoms with Crippen LogP contribution < -0.4 is 0 Å². The maximum atomic E-state index is 6.44. The van der Waals surface area contributed by atoms with Crippen molar-refractivity contribution in [3.05, 3.63) is 176 Å². The van der Waals surface area contributed by atoms with Gasteiger partial charge in [0.15, 0.2) is 17.5 Å². The molecule has 0 bridgehead atoms. The largest absolute Gasteiger partial charge is 0.456 e. The van der Waals surface area contributed by atoms with Gasteiger partial charge in [-0.15, -0.1) is 0 Å². The van der Waals surface area contributed by atoms with E-state index in [0.717, 1.165) is 55.3 Å². The van der Waals surface area contributed by atoms with Crippen molar-refractivity contribution in [1.82, 2.24) is 15.0 Å². The fraction of sp³-hybridized carbons (Fsp3) is 0. The molecule has 2 heterocycles. The molecule has 0 amide bonds. The third-order valence-corrected chi connectivity index (χ3v) is 9.70. The van der Waals surface area contributed by atoms with Gasteiger partial charge in [-0.25, -0.2) is 15.0 Å². The topological polar surface area (TPSA) is 51.8 Å². The molecule has 2 aromatic heterocycles. The van der Waals surface area contributed by atoms with Crippen LogP contribution in [0.1, 0.15) is 0 Å². The monoisotopic (exact) mass is 651 g/mol. The highest BCUT2D eigenvalue weighted by Crippen LogP contribution is 2.40. The Balaban J connectivity index is 1.10. The summed E-state index contributed by atoms with van der Waals surface area (Å²) >= 11 is 0. The van der Waals surface area contributed by atoms with Crippen LogP contribution in [0.25, 0.3) is 99.9 Å². The number of nitrogens with zero attached hydrogens (tertiary/aromatic N) is 3. The van der Waals surface area contributed by atoms with E-state index >= 15 is 0 Å². The number of benzene rings is 8. The van der Waals surface area contributed by atoms with Gasteiger partial charge in [-0.2, -0.15) is 0 Å². The van der Waals surface area contributed by atoms with Crippen molar-refractivity contribution in [3.63, 3.8) is 0 Å². The van der Waals surface area contributed by atoms with Crippen LogP contribution >= 0.6 is 0 Å². The predicted molar refractivity (Wildman–Crippen MR) is 209 cm³/mol. The second-order valence-electron chi connectivity index (χ2n) is 12.8. The molecule has 4 heteroatoms.